The first-order valence-corrected chi connectivity index (χ1v) is 31.4. The second kappa shape index (κ2) is 37.1. The van der Waals surface area contributed by atoms with Crippen LogP contribution >= 0.6 is 13.5 Å². The van der Waals surface area contributed by atoms with Gasteiger partial charge in [0, 0.05) is 87.5 Å². The molecule has 19 heteroatoms. The fraction of sp³-hybridized carbons (Fsp3) is 0.639. The third kappa shape index (κ3) is 31.2. The molecule has 4 aromatic carbocycles. The van der Waals surface area contributed by atoms with Gasteiger partial charge in [0.1, 0.15) is 23.0 Å². The fourth-order valence-corrected chi connectivity index (χ4v) is 10.1. The Morgan fingerprint density at radius 3 is 0.714 bits per heavy atom. The van der Waals surface area contributed by atoms with Gasteiger partial charge in [-0.15, -0.1) is 52.4 Å². The van der Waals surface area contributed by atoms with E-state index in [-0.39, 0.29) is 99.3 Å². The van der Waals surface area contributed by atoms with E-state index in [4.69, 9.17) is 41.1 Å². The van der Waals surface area contributed by atoms with Crippen LogP contribution in [-0.4, -0.2) is 113 Å². The molecule has 4 aromatic rings. The molecule has 2 aliphatic heterocycles. The van der Waals surface area contributed by atoms with Crippen molar-refractivity contribution in [2.75, 3.05) is 52.4 Å². The van der Waals surface area contributed by atoms with Crippen LogP contribution < -0.4 is 26.4 Å². The van der Waals surface area contributed by atoms with Crippen molar-refractivity contribution in [2.24, 2.45) is 21.7 Å². The van der Waals surface area contributed by atoms with E-state index in [2.05, 4.69) is 208 Å². The predicted molar refractivity (Wildman–Crippen MR) is 377 cm³/mol. The van der Waals surface area contributed by atoms with Crippen LogP contribution in [0.3, 0.4) is 0 Å². The molecule has 0 unspecified atom stereocenters. The van der Waals surface area contributed by atoms with Crippen LogP contribution in [0.15, 0.2) is 48.5 Å². The first-order valence-electron chi connectivity index (χ1n) is 31.4. The van der Waals surface area contributed by atoms with E-state index in [1.165, 1.54) is 22.3 Å². The summed E-state index contributed by atoms with van der Waals surface area (Å²) in [7, 11) is 0. The number of benzene rings is 4. The molecule has 8 bridgehead atoms. The smallest absolute Gasteiger partial charge is 0.658 e. The van der Waals surface area contributed by atoms with Crippen LogP contribution in [0.1, 0.15) is 219 Å². The largest absolute Gasteiger partial charge is 2.00 e. The maximum atomic E-state index is 11.2. The third-order valence-corrected chi connectivity index (χ3v) is 15.5. The van der Waals surface area contributed by atoms with Crippen molar-refractivity contribution in [1.82, 2.24) is 21.3 Å². The second-order valence-corrected chi connectivity index (χ2v) is 31.8. The van der Waals surface area contributed by atoms with Crippen LogP contribution in [0.2, 0.25) is 0 Å². The quantitative estimate of drug-likeness (QED) is 0.0745. The molecule has 0 atom stereocenters. The van der Waals surface area contributed by atoms with Crippen LogP contribution in [0, 0.1) is 21.7 Å². The maximum absolute atomic E-state index is 11.2. The van der Waals surface area contributed by atoms with E-state index < -0.39 is 11.9 Å². The van der Waals surface area contributed by atoms with Gasteiger partial charge in [0.15, 0.2) is 0 Å². The average Bonchev–Trinajstić information content (AvgIpc) is 1.27. The summed E-state index contributed by atoms with van der Waals surface area (Å²) in [6.45, 7) is 56.1. The minimum atomic E-state index is -1.08. The van der Waals surface area contributed by atoms with Crippen molar-refractivity contribution in [2.45, 2.75) is 226 Å². The minimum Gasteiger partial charge on any atom is -0.658 e. The van der Waals surface area contributed by atoms with Gasteiger partial charge in [-0.2, -0.15) is 13.5 Å². The summed E-state index contributed by atoms with van der Waals surface area (Å²) in [4.78, 5) is 17.9. The summed E-state index contributed by atoms with van der Waals surface area (Å²) in [6, 6.07) is 17.0. The molecule has 0 amide bonds. The number of rotatable bonds is 0. The normalized spacial score (nSPS) is 17.8. The van der Waals surface area contributed by atoms with E-state index in [1.807, 2.05) is 0 Å². The van der Waals surface area contributed by atoms with E-state index in [0.29, 0.717) is 102 Å². The molecule has 6 rings (SSSR count). The van der Waals surface area contributed by atoms with Gasteiger partial charge in [-0.25, -0.2) is 0 Å². The van der Waals surface area contributed by atoms with Gasteiger partial charge in [0.25, 0.3) is 5.97 Å². The summed E-state index contributed by atoms with van der Waals surface area (Å²) in [5.74, 6) is -0.525. The Hall–Kier alpha value is -3.56. The molecule has 9 N–H and O–H groups in total. The predicted octanol–water partition coefficient (Wildman–Crippen LogP) is 13.3. The van der Waals surface area contributed by atoms with E-state index in [1.54, 1.807) is 0 Å². The number of aromatic hydroxyl groups is 4. The Morgan fingerprint density at radius 1 is 0.396 bits per heavy atom. The van der Waals surface area contributed by atoms with Crippen molar-refractivity contribution in [3.05, 3.63) is 137 Å². The molecule has 0 fully saturated rings. The SMILES string of the molecule is CC(=O)O.CC(=O)[O-].CC1(C)CNCc2cc(C(C)(C)C)cc(c2O)CNCC(C)(C)CNCc2cc(C(C)(C)C)cc(c2O)CNC1.CC1(C)C[N-]Cc2cc(C(C)(C)C)cc(c2O)C[N-]CC(C)(C)C[N-]Cc2cc(C(C)(C)C)cc(c2O)C[N-]C1.S.[Mg+2].[Zn+2]. The third-order valence-electron chi connectivity index (χ3n) is 15.5. The van der Waals surface area contributed by atoms with Gasteiger partial charge in [0.05, 0.1) is 0 Å². The number of carbonyl (C=O) groups is 2. The molecule has 0 aliphatic carbocycles. The molecule has 0 saturated carbocycles. The van der Waals surface area contributed by atoms with Gasteiger partial charge in [-0.1, -0.05) is 198 Å². The number of phenols is 4. The molecular weight excluding hydrogens is 1230 g/mol. The molecule has 0 aromatic heterocycles. The van der Waals surface area contributed by atoms with Gasteiger partial charge in [-0.05, 0) is 83.9 Å². The van der Waals surface area contributed by atoms with Crippen molar-refractivity contribution < 1.29 is 59.7 Å². The number of carboxylic acids is 2. The summed E-state index contributed by atoms with van der Waals surface area (Å²) in [5, 5.41) is 95.0. The first-order chi connectivity index (χ1) is 40.2. The fourth-order valence-electron chi connectivity index (χ4n) is 10.1. The Bertz CT molecular complexity index is 2410. The van der Waals surface area contributed by atoms with Crippen molar-refractivity contribution >= 4 is 48.5 Å². The van der Waals surface area contributed by atoms with E-state index in [0.717, 1.165) is 84.5 Å². The molecule has 2 aliphatic rings. The summed E-state index contributed by atoms with van der Waals surface area (Å²) >= 11 is 0. The number of aliphatic carboxylic acids is 2. The van der Waals surface area contributed by atoms with Crippen molar-refractivity contribution in [3.63, 3.8) is 0 Å². The maximum Gasteiger partial charge on any atom is 2.00 e. The number of carboxylic acid groups (broad SMARTS) is 2. The monoisotopic (exact) mass is 1340 g/mol. The van der Waals surface area contributed by atoms with E-state index >= 15 is 0 Å². The molecule has 16 nitrogen and oxygen atoms in total. The van der Waals surface area contributed by atoms with Gasteiger partial charge < -0.3 is 78.0 Å². The zero-order valence-corrected chi connectivity index (χ0v) is 65.5. The van der Waals surface area contributed by atoms with Gasteiger partial charge in [-0.3, -0.25) is 4.79 Å². The second-order valence-electron chi connectivity index (χ2n) is 31.8. The molecule has 91 heavy (non-hydrogen) atoms. The van der Waals surface area contributed by atoms with Crippen LogP contribution in [0.5, 0.6) is 23.0 Å². The topological polar surface area (TPSA) is 263 Å². The first kappa shape index (κ1) is 87.4. The number of nitrogens with zero attached hydrogens (tertiary/aromatic N) is 4. The number of nitrogens with one attached hydrogen (secondary N) is 4. The number of carbonyl (C=O) groups excluding carboxylic acids is 1. The number of hydrogen-bond acceptors (Lipinski definition) is 11. The number of phenolic OH excluding ortho intramolecular Hbond substituents is 4. The minimum absolute atomic E-state index is 0. The summed E-state index contributed by atoms with van der Waals surface area (Å²) in [5.41, 5.74) is 11.6. The number of fused-ring (bicyclic) bond motifs is 8. The zero-order valence-electron chi connectivity index (χ0n) is 60.1. The van der Waals surface area contributed by atoms with E-state index in [9.17, 15) is 20.4 Å². The van der Waals surface area contributed by atoms with Gasteiger partial charge >= 0.3 is 42.5 Å². The molecular formula is C72H117MgN8O8SZn-. The van der Waals surface area contributed by atoms with Crippen LogP contribution in [0.4, 0.5) is 0 Å². The molecule has 504 valence electrons. The zero-order chi connectivity index (χ0) is 67.0. The number of hydrogen-bond donors (Lipinski definition) is 9. The van der Waals surface area contributed by atoms with Crippen molar-refractivity contribution in [1.29, 1.82) is 0 Å². The molecule has 0 saturated heterocycles. The Labute approximate surface area is 585 Å². The average molecular weight is 1340 g/mol. The van der Waals surface area contributed by atoms with Crippen molar-refractivity contribution in [3.8, 4) is 23.0 Å². The molecule has 2 heterocycles. The molecule has 0 radical (unpaired) electrons. The summed E-state index contributed by atoms with van der Waals surface area (Å²) < 4.78 is 0. The Kier molecular flexibility index (Phi) is 35.6. The van der Waals surface area contributed by atoms with Crippen LogP contribution in [-0.2, 0) is 103 Å². The van der Waals surface area contributed by atoms with Crippen LogP contribution in [0.25, 0.3) is 21.3 Å². The molecule has 0 spiro atoms. The summed E-state index contributed by atoms with van der Waals surface area (Å²) in [6.07, 6.45) is 0. The Morgan fingerprint density at radius 2 is 0.549 bits per heavy atom. The Balaban J connectivity index is 0.00000154. The standard InChI is InChI=1S/C34H56N4O2.C34H52N4O2.2C2H4O2.Mg.H2S.Zn/c2*1-31(2,3)27-11-23-15-35-19-33(7,8)21-37-17-25-13-28(32(4,5)6)14-26(30(25)40)18-38-22-34(9,10)20-36-16-24(12-27)29(23)39;2*1-2(3)4;;;/h11-14,35-40H,15-22H2,1-10H3;11-14,39-40H,15-22H2,1-10H3;2*1H3,(H,3,4);;1H2;/q;-4;;;+2;;+2/p-1. The van der Waals surface area contributed by atoms with Gasteiger partial charge in [0.2, 0.25) is 0 Å².